The fraction of sp³-hybridized carbons (Fsp3) is 0.588. The molecule has 0 spiro atoms. The number of rotatable bonds is 5. The van der Waals surface area contributed by atoms with Crippen molar-refractivity contribution in [1.29, 1.82) is 0 Å². The second kappa shape index (κ2) is 7.46. The predicted octanol–water partition coefficient (Wildman–Crippen LogP) is 2.40. The van der Waals surface area contributed by atoms with Crippen LogP contribution in [-0.4, -0.2) is 24.6 Å². The molecule has 1 saturated carbocycles. The Morgan fingerprint density at radius 3 is 2.52 bits per heavy atom. The van der Waals surface area contributed by atoms with Crippen molar-refractivity contribution in [1.82, 2.24) is 5.32 Å². The van der Waals surface area contributed by atoms with Crippen LogP contribution in [0.1, 0.15) is 38.2 Å². The van der Waals surface area contributed by atoms with E-state index in [0.29, 0.717) is 6.61 Å². The van der Waals surface area contributed by atoms with Gasteiger partial charge >= 0.3 is 0 Å². The molecule has 0 radical (unpaired) electrons. The minimum absolute atomic E-state index is 0.00871. The Kier molecular flexibility index (Phi) is 5.62. The van der Waals surface area contributed by atoms with E-state index in [-0.39, 0.29) is 23.9 Å². The van der Waals surface area contributed by atoms with Crippen molar-refractivity contribution in [3.63, 3.8) is 0 Å². The van der Waals surface area contributed by atoms with Crippen LogP contribution >= 0.6 is 0 Å². The van der Waals surface area contributed by atoms with E-state index in [1.807, 2.05) is 38.1 Å². The van der Waals surface area contributed by atoms with E-state index >= 15 is 0 Å². The highest BCUT2D eigenvalue weighted by Crippen LogP contribution is 2.23. The molecule has 0 bridgehead atoms. The molecule has 21 heavy (non-hydrogen) atoms. The summed E-state index contributed by atoms with van der Waals surface area (Å²) in [4.78, 5) is 12.2. The van der Waals surface area contributed by atoms with Crippen molar-refractivity contribution < 1.29 is 9.53 Å². The summed E-state index contributed by atoms with van der Waals surface area (Å²) in [6.45, 7) is 4.50. The number of nitrogens with two attached hydrogens (primary N) is 1. The zero-order valence-corrected chi connectivity index (χ0v) is 13.0. The Hall–Kier alpha value is -1.55. The number of nitrogens with one attached hydrogen (secondary N) is 1. The summed E-state index contributed by atoms with van der Waals surface area (Å²) < 4.78 is 5.69. The molecule has 4 nitrogen and oxygen atoms in total. The second-order valence-electron chi connectivity index (χ2n) is 6.15. The summed E-state index contributed by atoms with van der Waals surface area (Å²) in [7, 11) is 0. The number of hydrogen-bond donors (Lipinski definition) is 2. The monoisotopic (exact) mass is 290 g/mol. The van der Waals surface area contributed by atoms with Crippen LogP contribution in [0, 0.1) is 12.8 Å². The largest absolute Gasteiger partial charge is 0.491 e. The van der Waals surface area contributed by atoms with Crippen LogP contribution in [0.4, 0.5) is 0 Å². The van der Waals surface area contributed by atoms with Gasteiger partial charge in [-0.3, -0.25) is 4.79 Å². The summed E-state index contributed by atoms with van der Waals surface area (Å²) in [5, 5.41) is 3.04. The molecule has 1 aliphatic carbocycles. The minimum atomic E-state index is 0.00871. The van der Waals surface area contributed by atoms with Crippen LogP contribution < -0.4 is 15.8 Å². The maximum absolute atomic E-state index is 12.2. The van der Waals surface area contributed by atoms with E-state index in [2.05, 4.69) is 5.32 Å². The molecular weight excluding hydrogens is 264 g/mol. The van der Waals surface area contributed by atoms with Gasteiger partial charge in [-0.15, -0.1) is 0 Å². The fourth-order valence-corrected chi connectivity index (χ4v) is 2.64. The lowest BCUT2D eigenvalue weighted by molar-refractivity contribution is -0.126. The molecule has 1 fully saturated rings. The number of ether oxygens (including phenoxy) is 1. The van der Waals surface area contributed by atoms with Gasteiger partial charge in [-0.25, -0.2) is 0 Å². The smallest absolute Gasteiger partial charge is 0.223 e. The van der Waals surface area contributed by atoms with Gasteiger partial charge in [0.2, 0.25) is 5.91 Å². The van der Waals surface area contributed by atoms with Gasteiger partial charge in [0.15, 0.2) is 0 Å². The normalized spacial score (nSPS) is 23.4. The third kappa shape index (κ3) is 5.05. The average molecular weight is 290 g/mol. The molecule has 4 heteroatoms. The van der Waals surface area contributed by atoms with Crippen molar-refractivity contribution in [3.8, 4) is 5.75 Å². The average Bonchev–Trinajstić information content (AvgIpc) is 2.47. The van der Waals surface area contributed by atoms with Crippen molar-refractivity contribution in [3.05, 3.63) is 29.8 Å². The predicted molar refractivity (Wildman–Crippen MR) is 84.2 cm³/mol. The summed E-state index contributed by atoms with van der Waals surface area (Å²) in [6.07, 6.45) is 3.70. The third-order valence-corrected chi connectivity index (χ3v) is 4.05. The fourth-order valence-electron chi connectivity index (χ4n) is 2.64. The van der Waals surface area contributed by atoms with E-state index in [0.717, 1.165) is 31.4 Å². The van der Waals surface area contributed by atoms with Crippen LogP contribution in [0.3, 0.4) is 0 Å². The molecule has 3 N–H and O–H groups in total. The first-order chi connectivity index (χ1) is 10.0. The first-order valence-corrected chi connectivity index (χ1v) is 7.80. The SMILES string of the molecule is Cc1ccc(OCC(C)NC(=O)C2CCC(N)CC2)cc1. The number of aryl methyl sites for hydroxylation is 1. The van der Waals surface area contributed by atoms with Crippen molar-refractivity contribution in [2.75, 3.05) is 6.61 Å². The van der Waals surface area contributed by atoms with Gasteiger partial charge in [-0.2, -0.15) is 0 Å². The molecule has 1 aromatic rings. The summed E-state index contributed by atoms with van der Waals surface area (Å²) in [6, 6.07) is 8.22. The van der Waals surface area contributed by atoms with E-state index < -0.39 is 0 Å². The zero-order chi connectivity index (χ0) is 15.2. The summed E-state index contributed by atoms with van der Waals surface area (Å²) in [5.74, 6) is 1.10. The number of benzene rings is 1. The Morgan fingerprint density at radius 1 is 1.29 bits per heavy atom. The molecule has 0 aromatic heterocycles. The lowest BCUT2D eigenvalue weighted by Gasteiger charge is -2.26. The van der Waals surface area contributed by atoms with Gasteiger partial charge in [0.1, 0.15) is 12.4 Å². The standard InChI is InChI=1S/C17H26N2O2/c1-12-3-9-16(10-4-12)21-11-13(2)19-17(20)14-5-7-15(18)8-6-14/h3-4,9-10,13-15H,5-8,11,18H2,1-2H3,(H,19,20). The molecule has 0 aliphatic heterocycles. The number of carbonyl (C=O) groups is 1. The summed E-state index contributed by atoms with van der Waals surface area (Å²) in [5.41, 5.74) is 7.08. The Morgan fingerprint density at radius 2 is 1.90 bits per heavy atom. The van der Waals surface area contributed by atoms with Gasteiger partial charge in [-0.1, -0.05) is 17.7 Å². The Labute approximate surface area is 127 Å². The maximum atomic E-state index is 12.2. The van der Waals surface area contributed by atoms with Gasteiger partial charge < -0.3 is 15.8 Å². The quantitative estimate of drug-likeness (QED) is 0.875. The summed E-state index contributed by atoms with van der Waals surface area (Å²) >= 11 is 0. The van der Waals surface area contributed by atoms with Crippen LogP contribution in [0.2, 0.25) is 0 Å². The van der Waals surface area contributed by atoms with Crippen LogP contribution in [0.15, 0.2) is 24.3 Å². The highest BCUT2D eigenvalue weighted by molar-refractivity contribution is 5.79. The zero-order valence-electron chi connectivity index (χ0n) is 13.0. The number of amides is 1. The van der Waals surface area contributed by atoms with Crippen molar-refractivity contribution in [2.45, 2.75) is 51.6 Å². The maximum Gasteiger partial charge on any atom is 0.223 e. The minimum Gasteiger partial charge on any atom is -0.491 e. The third-order valence-electron chi connectivity index (χ3n) is 4.05. The topological polar surface area (TPSA) is 64.3 Å². The van der Waals surface area contributed by atoms with Crippen LogP contribution in [-0.2, 0) is 4.79 Å². The number of carbonyl (C=O) groups excluding carboxylic acids is 1. The molecular formula is C17H26N2O2. The first-order valence-electron chi connectivity index (χ1n) is 7.80. The van der Waals surface area contributed by atoms with Crippen molar-refractivity contribution in [2.24, 2.45) is 11.7 Å². The van der Waals surface area contributed by atoms with Crippen LogP contribution in [0.5, 0.6) is 5.75 Å². The molecule has 1 atom stereocenters. The molecule has 1 unspecified atom stereocenters. The molecule has 1 aromatic carbocycles. The van der Waals surface area contributed by atoms with Crippen LogP contribution in [0.25, 0.3) is 0 Å². The highest BCUT2D eigenvalue weighted by atomic mass is 16.5. The van der Waals surface area contributed by atoms with E-state index in [1.165, 1.54) is 5.56 Å². The lowest BCUT2D eigenvalue weighted by atomic mass is 9.86. The van der Waals surface area contributed by atoms with E-state index in [9.17, 15) is 4.79 Å². The van der Waals surface area contributed by atoms with Gasteiger partial charge in [-0.05, 0) is 51.7 Å². The van der Waals surface area contributed by atoms with Gasteiger partial charge in [0, 0.05) is 12.0 Å². The molecule has 0 heterocycles. The van der Waals surface area contributed by atoms with E-state index in [1.54, 1.807) is 0 Å². The Balaban J connectivity index is 1.72. The molecule has 116 valence electrons. The first kappa shape index (κ1) is 15.8. The van der Waals surface area contributed by atoms with E-state index in [4.69, 9.17) is 10.5 Å². The van der Waals surface area contributed by atoms with Gasteiger partial charge in [0.05, 0.1) is 6.04 Å². The molecule has 1 aliphatic rings. The second-order valence-corrected chi connectivity index (χ2v) is 6.15. The van der Waals surface area contributed by atoms with Gasteiger partial charge in [0.25, 0.3) is 0 Å². The molecule has 0 saturated heterocycles. The highest BCUT2D eigenvalue weighted by Gasteiger charge is 2.25. The Bertz CT molecular complexity index is 450. The lowest BCUT2D eigenvalue weighted by Crippen LogP contribution is -2.42. The number of hydrogen-bond acceptors (Lipinski definition) is 3. The molecule has 2 rings (SSSR count). The van der Waals surface area contributed by atoms with Crippen molar-refractivity contribution >= 4 is 5.91 Å². The molecule has 1 amide bonds.